The van der Waals surface area contributed by atoms with Gasteiger partial charge in [-0.3, -0.25) is 9.78 Å². The Bertz CT molecular complexity index is 1320. The first-order chi connectivity index (χ1) is 15.4. The Balaban J connectivity index is 1.43. The molecule has 4 aromatic rings. The number of rotatable bonds is 3. The molecule has 1 aliphatic rings. The molecule has 1 aliphatic heterocycles. The lowest BCUT2D eigenvalue weighted by molar-refractivity contribution is 0.00133. The fourth-order valence-corrected chi connectivity index (χ4v) is 3.91. The third kappa shape index (κ3) is 3.27. The minimum absolute atomic E-state index is 0.0775. The van der Waals surface area contributed by atoms with Gasteiger partial charge in [-0.15, -0.1) is 0 Å². The van der Waals surface area contributed by atoms with Crippen LogP contribution in [0.15, 0.2) is 55.0 Å². The molecule has 0 aliphatic carbocycles. The Morgan fingerprint density at radius 3 is 2.78 bits per heavy atom. The molecule has 0 unspecified atom stereocenters. The van der Waals surface area contributed by atoms with Crippen molar-refractivity contribution in [1.82, 2.24) is 20.3 Å². The number of benzene rings is 1. The lowest BCUT2D eigenvalue weighted by Gasteiger charge is -2.35. The summed E-state index contributed by atoms with van der Waals surface area (Å²) in [6.07, 6.45) is 2.84. The van der Waals surface area contributed by atoms with Crippen molar-refractivity contribution in [1.29, 1.82) is 0 Å². The van der Waals surface area contributed by atoms with Crippen LogP contribution in [0.4, 0.5) is 8.78 Å². The number of aliphatic hydroxyl groups excluding tert-OH is 1. The SMILES string of the molecule is C[C@@H]1Oc2ccc(F)c(F)c2[C@@H](NC(=O)c2ccc(-c3ccnc4[nH]ccc34)nc2)[C@@H]1O. The number of amides is 1. The fraction of sp³-hybridized carbons (Fsp3) is 0.174. The van der Waals surface area contributed by atoms with Gasteiger partial charge in [0.1, 0.15) is 23.6 Å². The molecule has 0 saturated heterocycles. The molecular weight excluding hydrogens is 418 g/mol. The molecule has 0 radical (unpaired) electrons. The predicted molar refractivity (Wildman–Crippen MR) is 112 cm³/mol. The average molecular weight is 436 g/mol. The predicted octanol–water partition coefficient (Wildman–Crippen LogP) is 3.52. The number of nitrogens with zero attached hydrogens (tertiary/aromatic N) is 2. The highest BCUT2D eigenvalue weighted by Gasteiger charge is 2.39. The number of carbonyl (C=O) groups excluding carboxylic acids is 1. The van der Waals surface area contributed by atoms with Crippen LogP contribution in [-0.4, -0.2) is 38.2 Å². The molecule has 3 aromatic heterocycles. The Hall–Kier alpha value is -3.85. The quantitative estimate of drug-likeness (QED) is 0.456. The molecule has 0 bridgehead atoms. The summed E-state index contributed by atoms with van der Waals surface area (Å²) in [5, 5.41) is 14.0. The van der Waals surface area contributed by atoms with Crippen LogP contribution in [0.25, 0.3) is 22.3 Å². The second kappa shape index (κ2) is 7.69. The van der Waals surface area contributed by atoms with Crippen molar-refractivity contribution in [3.05, 3.63) is 77.8 Å². The van der Waals surface area contributed by atoms with E-state index in [9.17, 15) is 18.7 Å². The lowest BCUT2D eigenvalue weighted by atomic mass is 9.93. The summed E-state index contributed by atoms with van der Waals surface area (Å²) in [4.78, 5) is 24.5. The van der Waals surface area contributed by atoms with Gasteiger partial charge in [0.05, 0.1) is 22.9 Å². The number of hydrogen-bond acceptors (Lipinski definition) is 5. The van der Waals surface area contributed by atoms with Crippen molar-refractivity contribution in [2.75, 3.05) is 0 Å². The number of carbonyl (C=O) groups is 1. The molecule has 32 heavy (non-hydrogen) atoms. The van der Waals surface area contributed by atoms with Crippen LogP contribution in [-0.2, 0) is 0 Å². The van der Waals surface area contributed by atoms with E-state index in [2.05, 4.69) is 20.3 Å². The number of nitrogens with one attached hydrogen (secondary N) is 2. The van der Waals surface area contributed by atoms with E-state index < -0.39 is 35.8 Å². The molecule has 5 rings (SSSR count). The van der Waals surface area contributed by atoms with Crippen molar-refractivity contribution in [2.45, 2.75) is 25.2 Å². The first kappa shape index (κ1) is 20.1. The van der Waals surface area contributed by atoms with E-state index in [-0.39, 0.29) is 16.9 Å². The maximum Gasteiger partial charge on any atom is 0.253 e. The zero-order valence-corrected chi connectivity index (χ0v) is 16.8. The molecule has 1 aromatic carbocycles. The highest BCUT2D eigenvalue weighted by Crippen LogP contribution is 2.38. The van der Waals surface area contributed by atoms with E-state index in [4.69, 9.17) is 4.74 Å². The van der Waals surface area contributed by atoms with E-state index in [1.54, 1.807) is 31.5 Å². The Morgan fingerprint density at radius 2 is 2.00 bits per heavy atom. The Labute approximate surface area is 181 Å². The topological polar surface area (TPSA) is 100 Å². The van der Waals surface area contributed by atoms with Crippen molar-refractivity contribution in [3.8, 4) is 17.0 Å². The third-order valence-electron chi connectivity index (χ3n) is 5.59. The smallest absolute Gasteiger partial charge is 0.253 e. The van der Waals surface area contributed by atoms with E-state index in [1.807, 2.05) is 12.1 Å². The van der Waals surface area contributed by atoms with Gasteiger partial charge in [0.2, 0.25) is 0 Å². The van der Waals surface area contributed by atoms with Gasteiger partial charge < -0.3 is 20.1 Å². The van der Waals surface area contributed by atoms with Crippen LogP contribution in [0.5, 0.6) is 5.75 Å². The van der Waals surface area contributed by atoms with Crippen molar-refractivity contribution < 1.29 is 23.4 Å². The van der Waals surface area contributed by atoms with Gasteiger partial charge in [0.15, 0.2) is 11.6 Å². The second-order valence-electron chi connectivity index (χ2n) is 7.57. The van der Waals surface area contributed by atoms with E-state index in [0.717, 1.165) is 22.7 Å². The molecule has 1 amide bonds. The third-order valence-corrected chi connectivity index (χ3v) is 5.59. The molecule has 0 fully saturated rings. The first-order valence-electron chi connectivity index (χ1n) is 9.96. The number of H-pyrrole nitrogens is 1. The van der Waals surface area contributed by atoms with Gasteiger partial charge in [0.25, 0.3) is 5.91 Å². The van der Waals surface area contributed by atoms with Crippen LogP contribution in [0.1, 0.15) is 28.9 Å². The summed E-state index contributed by atoms with van der Waals surface area (Å²) in [7, 11) is 0. The largest absolute Gasteiger partial charge is 0.487 e. The van der Waals surface area contributed by atoms with Crippen molar-refractivity contribution in [2.24, 2.45) is 0 Å². The zero-order chi connectivity index (χ0) is 22.4. The maximum atomic E-state index is 14.5. The van der Waals surface area contributed by atoms with Gasteiger partial charge in [-0.25, -0.2) is 13.8 Å². The average Bonchev–Trinajstić information content (AvgIpc) is 3.28. The Morgan fingerprint density at radius 1 is 1.16 bits per heavy atom. The van der Waals surface area contributed by atoms with Gasteiger partial charge in [-0.1, -0.05) is 0 Å². The number of aromatic amines is 1. The molecule has 9 heteroatoms. The molecule has 0 spiro atoms. The number of ether oxygens (including phenoxy) is 1. The van der Waals surface area contributed by atoms with Gasteiger partial charge in [-0.2, -0.15) is 0 Å². The number of halogens is 2. The molecule has 7 nitrogen and oxygen atoms in total. The molecule has 4 heterocycles. The number of fused-ring (bicyclic) bond motifs is 2. The number of hydrogen-bond donors (Lipinski definition) is 3. The van der Waals surface area contributed by atoms with Crippen LogP contribution >= 0.6 is 0 Å². The minimum Gasteiger partial charge on any atom is -0.487 e. The number of aromatic nitrogens is 3. The molecular formula is C23H18F2N4O3. The van der Waals surface area contributed by atoms with Crippen LogP contribution in [0, 0.1) is 11.6 Å². The summed E-state index contributed by atoms with van der Waals surface area (Å²) >= 11 is 0. The summed E-state index contributed by atoms with van der Waals surface area (Å²) < 4.78 is 33.8. The van der Waals surface area contributed by atoms with Gasteiger partial charge >= 0.3 is 0 Å². The summed E-state index contributed by atoms with van der Waals surface area (Å²) in [6, 6.07) is 8.02. The highest BCUT2D eigenvalue weighted by atomic mass is 19.2. The summed E-state index contributed by atoms with van der Waals surface area (Å²) in [5.41, 5.74) is 2.20. The monoisotopic (exact) mass is 436 g/mol. The van der Waals surface area contributed by atoms with Gasteiger partial charge in [0, 0.05) is 29.5 Å². The van der Waals surface area contributed by atoms with Crippen LogP contribution in [0.2, 0.25) is 0 Å². The summed E-state index contributed by atoms with van der Waals surface area (Å²) in [6.45, 7) is 1.58. The first-order valence-corrected chi connectivity index (χ1v) is 9.96. The standard InChI is InChI=1S/C23H18F2N4O3/c1-11-21(30)20(18-17(32-11)5-3-15(24)19(18)25)29-23(31)12-2-4-16(28-10-12)13-6-8-26-22-14(13)7-9-27-22/h2-11,20-21,30H,1H3,(H,26,27)(H,29,31)/t11-,20+,21+/m0/s1. The normalized spacial score (nSPS) is 19.9. The Kier molecular flexibility index (Phi) is 4.82. The summed E-state index contributed by atoms with van der Waals surface area (Å²) in [5.74, 6) is -2.76. The molecule has 162 valence electrons. The second-order valence-corrected chi connectivity index (χ2v) is 7.57. The lowest BCUT2D eigenvalue weighted by Crippen LogP contribution is -2.47. The number of aliphatic hydroxyl groups is 1. The van der Waals surface area contributed by atoms with E-state index >= 15 is 0 Å². The minimum atomic E-state index is -1.27. The van der Waals surface area contributed by atoms with Crippen LogP contribution < -0.4 is 10.1 Å². The molecule has 3 N–H and O–H groups in total. The zero-order valence-electron chi connectivity index (χ0n) is 16.8. The number of pyridine rings is 2. The van der Waals surface area contributed by atoms with Crippen molar-refractivity contribution >= 4 is 16.9 Å². The molecule has 0 saturated carbocycles. The fourth-order valence-electron chi connectivity index (χ4n) is 3.91. The van der Waals surface area contributed by atoms with Crippen molar-refractivity contribution in [3.63, 3.8) is 0 Å². The van der Waals surface area contributed by atoms with E-state index in [0.29, 0.717) is 5.69 Å². The maximum absolute atomic E-state index is 14.5. The molecule has 3 atom stereocenters. The van der Waals surface area contributed by atoms with E-state index in [1.165, 1.54) is 12.3 Å². The van der Waals surface area contributed by atoms with Crippen LogP contribution in [0.3, 0.4) is 0 Å². The van der Waals surface area contributed by atoms with Gasteiger partial charge in [-0.05, 0) is 43.3 Å². The highest BCUT2D eigenvalue weighted by molar-refractivity contribution is 5.95.